The number of hydrogen-bond acceptors (Lipinski definition) is 2. The van der Waals surface area contributed by atoms with Crippen molar-refractivity contribution in [1.29, 1.82) is 0 Å². The minimum Gasteiger partial charge on any atom is -0.383 e. The number of aryl methyl sites for hydroxylation is 1. The Morgan fingerprint density at radius 2 is 2.06 bits per heavy atom. The maximum atomic E-state index is 10.3. The standard InChI is InChI=1S/C12H10ClIOS/c1-7-3-2-4-8(11(7)14)12(15)9-5-6-10(13)16-9/h2-6,12,15H,1H3. The van der Waals surface area contributed by atoms with Gasteiger partial charge in [0.15, 0.2) is 0 Å². The van der Waals surface area contributed by atoms with Crippen molar-refractivity contribution >= 4 is 45.5 Å². The first kappa shape index (κ1) is 12.4. The zero-order valence-corrected chi connectivity index (χ0v) is 12.3. The molecule has 84 valence electrons. The van der Waals surface area contributed by atoms with Crippen LogP contribution in [0, 0.1) is 10.5 Å². The number of benzene rings is 1. The summed E-state index contributed by atoms with van der Waals surface area (Å²) in [5.74, 6) is 0. The normalized spacial score (nSPS) is 12.8. The summed E-state index contributed by atoms with van der Waals surface area (Å²) in [7, 11) is 0. The molecule has 2 rings (SSSR count). The summed E-state index contributed by atoms with van der Waals surface area (Å²) in [5.41, 5.74) is 2.12. The summed E-state index contributed by atoms with van der Waals surface area (Å²) >= 11 is 9.55. The predicted octanol–water partition coefficient (Wildman–Crippen LogP) is 4.40. The zero-order chi connectivity index (χ0) is 11.7. The monoisotopic (exact) mass is 364 g/mol. The average molecular weight is 365 g/mol. The van der Waals surface area contributed by atoms with Crippen molar-refractivity contribution in [2.45, 2.75) is 13.0 Å². The first-order valence-electron chi connectivity index (χ1n) is 4.78. The highest BCUT2D eigenvalue weighted by atomic mass is 127. The quantitative estimate of drug-likeness (QED) is 0.783. The summed E-state index contributed by atoms with van der Waals surface area (Å²) < 4.78 is 1.81. The van der Waals surface area contributed by atoms with Crippen LogP contribution in [0.3, 0.4) is 0 Å². The van der Waals surface area contributed by atoms with E-state index in [1.54, 1.807) is 0 Å². The molecular formula is C12H10ClIOS. The lowest BCUT2D eigenvalue weighted by atomic mass is 10.1. The second-order valence-electron chi connectivity index (χ2n) is 3.52. The van der Waals surface area contributed by atoms with Gasteiger partial charge in [-0.3, -0.25) is 0 Å². The van der Waals surface area contributed by atoms with Crippen molar-refractivity contribution in [3.05, 3.63) is 54.2 Å². The molecule has 1 N–H and O–H groups in total. The average Bonchev–Trinajstić information content (AvgIpc) is 2.68. The lowest BCUT2D eigenvalue weighted by molar-refractivity contribution is 0.223. The number of thiophene rings is 1. The fraction of sp³-hybridized carbons (Fsp3) is 0.167. The Kier molecular flexibility index (Phi) is 3.89. The number of halogens is 2. The van der Waals surface area contributed by atoms with Crippen molar-refractivity contribution in [2.24, 2.45) is 0 Å². The van der Waals surface area contributed by atoms with Gasteiger partial charge in [-0.05, 0) is 52.8 Å². The van der Waals surface area contributed by atoms with Crippen LogP contribution in [-0.2, 0) is 0 Å². The molecule has 0 fully saturated rings. The molecule has 0 radical (unpaired) electrons. The highest BCUT2D eigenvalue weighted by molar-refractivity contribution is 14.1. The molecule has 2 aromatic rings. The lowest BCUT2D eigenvalue weighted by Gasteiger charge is -2.12. The van der Waals surface area contributed by atoms with E-state index in [9.17, 15) is 5.11 Å². The van der Waals surface area contributed by atoms with Gasteiger partial charge in [-0.15, -0.1) is 11.3 Å². The Morgan fingerprint density at radius 3 is 2.69 bits per heavy atom. The Morgan fingerprint density at radius 1 is 1.31 bits per heavy atom. The van der Waals surface area contributed by atoms with E-state index < -0.39 is 6.10 Å². The number of hydrogen-bond donors (Lipinski definition) is 1. The molecule has 0 aliphatic heterocycles. The van der Waals surface area contributed by atoms with E-state index in [4.69, 9.17) is 11.6 Å². The van der Waals surface area contributed by atoms with E-state index in [1.165, 1.54) is 16.9 Å². The van der Waals surface area contributed by atoms with E-state index in [0.29, 0.717) is 4.34 Å². The van der Waals surface area contributed by atoms with E-state index in [0.717, 1.165) is 14.0 Å². The summed E-state index contributed by atoms with van der Waals surface area (Å²) in [6.07, 6.45) is -0.579. The Balaban J connectivity index is 2.41. The van der Waals surface area contributed by atoms with Crippen molar-refractivity contribution in [3.63, 3.8) is 0 Å². The molecule has 0 aliphatic carbocycles. The molecule has 0 saturated carbocycles. The molecule has 0 saturated heterocycles. The molecule has 1 aromatic heterocycles. The molecule has 0 aliphatic rings. The van der Waals surface area contributed by atoms with Gasteiger partial charge >= 0.3 is 0 Å². The van der Waals surface area contributed by atoms with Gasteiger partial charge in [0.25, 0.3) is 0 Å². The van der Waals surface area contributed by atoms with Crippen LogP contribution in [0.25, 0.3) is 0 Å². The Bertz CT molecular complexity index is 509. The highest BCUT2D eigenvalue weighted by Gasteiger charge is 2.16. The minimum atomic E-state index is -0.579. The fourth-order valence-electron chi connectivity index (χ4n) is 1.51. The molecular weight excluding hydrogens is 355 g/mol. The van der Waals surface area contributed by atoms with Crippen molar-refractivity contribution in [2.75, 3.05) is 0 Å². The van der Waals surface area contributed by atoms with E-state index in [1.807, 2.05) is 37.3 Å². The minimum absolute atomic E-state index is 0.579. The van der Waals surface area contributed by atoms with Crippen LogP contribution in [0.4, 0.5) is 0 Å². The van der Waals surface area contributed by atoms with Gasteiger partial charge in [0, 0.05) is 8.45 Å². The van der Waals surface area contributed by atoms with Crippen LogP contribution in [-0.4, -0.2) is 5.11 Å². The van der Waals surface area contributed by atoms with Crippen LogP contribution < -0.4 is 0 Å². The predicted molar refractivity (Wildman–Crippen MR) is 77.3 cm³/mol. The second-order valence-corrected chi connectivity index (χ2v) is 6.35. The SMILES string of the molecule is Cc1cccc(C(O)c2ccc(Cl)s2)c1I. The van der Waals surface area contributed by atoms with Crippen molar-refractivity contribution in [3.8, 4) is 0 Å². The number of rotatable bonds is 2. The largest absolute Gasteiger partial charge is 0.383 e. The molecule has 1 atom stereocenters. The van der Waals surface area contributed by atoms with Crippen molar-refractivity contribution in [1.82, 2.24) is 0 Å². The van der Waals surface area contributed by atoms with Gasteiger partial charge in [0.1, 0.15) is 6.10 Å². The van der Waals surface area contributed by atoms with Crippen LogP contribution in [0.15, 0.2) is 30.3 Å². The Labute approximate surface area is 117 Å². The second kappa shape index (κ2) is 5.04. The van der Waals surface area contributed by atoms with Gasteiger partial charge in [0.2, 0.25) is 0 Å². The lowest BCUT2D eigenvalue weighted by Crippen LogP contribution is -2.00. The van der Waals surface area contributed by atoms with Crippen LogP contribution in [0.5, 0.6) is 0 Å². The Hall–Kier alpha value is -0.100. The highest BCUT2D eigenvalue weighted by Crippen LogP contribution is 2.33. The van der Waals surface area contributed by atoms with Crippen LogP contribution >= 0.6 is 45.5 Å². The molecule has 1 aromatic carbocycles. The molecule has 1 unspecified atom stereocenters. The first-order valence-corrected chi connectivity index (χ1v) is 7.05. The van der Waals surface area contributed by atoms with E-state index >= 15 is 0 Å². The maximum Gasteiger partial charge on any atom is 0.114 e. The van der Waals surface area contributed by atoms with E-state index in [2.05, 4.69) is 22.6 Å². The van der Waals surface area contributed by atoms with Crippen LogP contribution in [0.2, 0.25) is 4.34 Å². The molecule has 0 amide bonds. The molecule has 1 heterocycles. The van der Waals surface area contributed by atoms with Gasteiger partial charge in [0.05, 0.1) is 4.34 Å². The summed E-state index contributed by atoms with van der Waals surface area (Å²) in [5, 5.41) is 10.3. The molecule has 16 heavy (non-hydrogen) atoms. The van der Waals surface area contributed by atoms with E-state index in [-0.39, 0.29) is 0 Å². The van der Waals surface area contributed by atoms with Gasteiger partial charge in [-0.2, -0.15) is 0 Å². The van der Waals surface area contributed by atoms with Gasteiger partial charge in [-0.25, -0.2) is 0 Å². The van der Waals surface area contributed by atoms with Crippen molar-refractivity contribution < 1.29 is 5.11 Å². The number of aliphatic hydroxyl groups is 1. The summed E-state index contributed by atoms with van der Waals surface area (Å²) in [6.45, 7) is 2.04. The summed E-state index contributed by atoms with van der Waals surface area (Å²) in [4.78, 5) is 0.883. The molecule has 0 spiro atoms. The van der Waals surface area contributed by atoms with Crippen LogP contribution in [0.1, 0.15) is 22.1 Å². The maximum absolute atomic E-state index is 10.3. The van der Waals surface area contributed by atoms with Gasteiger partial charge < -0.3 is 5.11 Å². The topological polar surface area (TPSA) is 20.2 Å². The third kappa shape index (κ3) is 2.42. The third-order valence-corrected chi connectivity index (χ3v) is 5.14. The zero-order valence-electron chi connectivity index (χ0n) is 8.58. The molecule has 0 bridgehead atoms. The van der Waals surface area contributed by atoms with Gasteiger partial charge in [-0.1, -0.05) is 29.8 Å². The summed E-state index contributed by atoms with van der Waals surface area (Å²) in [6, 6.07) is 9.64. The number of aliphatic hydroxyl groups excluding tert-OH is 1. The smallest absolute Gasteiger partial charge is 0.114 e. The first-order chi connectivity index (χ1) is 7.59. The molecule has 1 nitrogen and oxygen atoms in total. The third-order valence-electron chi connectivity index (χ3n) is 2.38. The molecule has 4 heteroatoms. The fourth-order valence-corrected chi connectivity index (χ4v) is 3.23.